The summed E-state index contributed by atoms with van der Waals surface area (Å²) in [6, 6.07) is 0.407. The van der Waals surface area contributed by atoms with Crippen LogP contribution in [0.2, 0.25) is 0 Å². The van der Waals surface area contributed by atoms with Crippen molar-refractivity contribution in [2.24, 2.45) is 0 Å². The van der Waals surface area contributed by atoms with E-state index in [1.54, 1.807) is 19.3 Å². The highest BCUT2D eigenvalue weighted by molar-refractivity contribution is 5.88. The summed E-state index contributed by atoms with van der Waals surface area (Å²) in [6.07, 6.45) is 5.49. The molecule has 0 saturated carbocycles. The number of nitrogens with one attached hydrogen (secondary N) is 1. The van der Waals surface area contributed by atoms with Crippen LogP contribution < -0.4 is 5.32 Å². The van der Waals surface area contributed by atoms with E-state index in [0.717, 1.165) is 25.9 Å². The number of esters is 1. The first-order chi connectivity index (χ1) is 7.81. The topological polar surface area (TPSA) is 56.1 Å². The first kappa shape index (κ1) is 14.0. The lowest BCUT2D eigenvalue weighted by molar-refractivity contribution is 0.0526. The molecule has 1 aromatic heterocycles. The molecule has 1 aromatic rings. The number of rotatable bonds is 3. The minimum absolute atomic E-state index is 0. The summed E-state index contributed by atoms with van der Waals surface area (Å²) >= 11 is 0. The first-order valence-electron chi connectivity index (χ1n) is 5.73. The van der Waals surface area contributed by atoms with Crippen molar-refractivity contribution in [2.45, 2.75) is 25.8 Å². The van der Waals surface area contributed by atoms with Crippen molar-refractivity contribution in [3.05, 3.63) is 18.0 Å². The van der Waals surface area contributed by atoms with Gasteiger partial charge in [-0.05, 0) is 32.9 Å². The zero-order valence-electron chi connectivity index (χ0n) is 9.89. The van der Waals surface area contributed by atoms with E-state index in [2.05, 4.69) is 10.4 Å². The molecule has 17 heavy (non-hydrogen) atoms. The summed E-state index contributed by atoms with van der Waals surface area (Å²) in [5.41, 5.74) is 0.542. The van der Waals surface area contributed by atoms with Crippen LogP contribution in [0.25, 0.3) is 0 Å². The van der Waals surface area contributed by atoms with Gasteiger partial charge in [-0.1, -0.05) is 0 Å². The minimum Gasteiger partial charge on any atom is -0.462 e. The molecule has 1 fully saturated rings. The van der Waals surface area contributed by atoms with Crippen LogP contribution in [0.5, 0.6) is 0 Å². The number of carbonyl (C=O) groups is 1. The molecule has 0 atom stereocenters. The first-order valence-corrected chi connectivity index (χ1v) is 5.73. The largest absolute Gasteiger partial charge is 0.462 e. The van der Waals surface area contributed by atoms with Gasteiger partial charge < -0.3 is 10.1 Å². The predicted molar refractivity (Wildman–Crippen MR) is 66.6 cm³/mol. The standard InChI is InChI=1S/C11H17N3O2.ClH/c1-2-16-11(15)9-7-13-14(8-9)10-3-5-12-6-4-10;/h7-8,10,12H,2-6H2,1H3;1H. The van der Waals surface area contributed by atoms with Gasteiger partial charge in [-0.25, -0.2) is 4.79 Å². The molecule has 1 saturated heterocycles. The molecule has 0 aromatic carbocycles. The van der Waals surface area contributed by atoms with Crippen molar-refractivity contribution in [1.82, 2.24) is 15.1 Å². The average molecular weight is 260 g/mol. The molecule has 1 N–H and O–H groups in total. The van der Waals surface area contributed by atoms with Crippen LogP contribution >= 0.6 is 12.4 Å². The number of aromatic nitrogens is 2. The van der Waals surface area contributed by atoms with Crippen molar-refractivity contribution in [2.75, 3.05) is 19.7 Å². The Morgan fingerprint density at radius 2 is 2.29 bits per heavy atom. The Morgan fingerprint density at radius 3 is 2.94 bits per heavy atom. The van der Waals surface area contributed by atoms with E-state index in [9.17, 15) is 4.79 Å². The van der Waals surface area contributed by atoms with Gasteiger partial charge >= 0.3 is 5.97 Å². The van der Waals surface area contributed by atoms with Crippen molar-refractivity contribution in [3.63, 3.8) is 0 Å². The van der Waals surface area contributed by atoms with Crippen LogP contribution in [0.4, 0.5) is 0 Å². The normalized spacial score (nSPS) is 16.3. The number of hydrogen-bond acceptors (Lipinski definition) is 4. The van der Waals surface area contributed by atoms with E-state index in [1.807, 2.05) is 4.68 Å². The van der Waals surface area contributed by atoms with E-state index < -0.39 is 0 Å². The van der Waals surface area contributed by atoms with E-state index in [0.29, 0.717) is 18.2 Å². The zero-order chi connectivity index (χ0) is 11.4. The Morgan fingerprint density at radius 1 is 1.59 bits per heavy atom. The fourth-order valence-electron chi connectivity index (χ4n) is 1.93. The molecular formula is C11H18ClN3O2. The van der Waals surface area contributed by atoms with Gasteiger partial charge in [-0.3, -0.25) is 4.68 Å². The van der Waals surface area contributed by atoms with Gasteiger partial charge in [0, 0.05) is 6.20 Å². The highest BCUT2D eigenvalue weighted by Gasteiger charge is 2.17. The fourth-order valence-corrected chi connectivity index (χ4v) is 1.93. The van der Waals surface area contributed by atoms with Gasteiger partial charge in [0.05, 0.1) is 24.4 Å². The second-order valence-electron chi connectivity index (χ2n) is 3.91. The number of carbonyl (C=O) groups excluding carboxylic acids is 1. The Bertz CT molecular complexity index is 361. The molecule has 0 spiro atoms. The number of piperidine rings is 1. The third-order valence-electron chi connectivity index (χ3n) is 2.80. The number of ether oxygens (including phenoxy) is 1. The van der Waals surface area contributed by atoms with Crippen molar-refractivity contribution in [3.8, 4) is 0 Å². The predicted octanol–water partition coefficient (Wildman–Crippen LogP) is 1.41. The Balaban J connectivity index is 0.00000144. The molecule has 96 valence electrons. The number of nitrogens with zero attached hydrogens (tertiary/aromatic N) is 2. The molecule has 1 aliphatic rings. The van der Waals surface area contributed by atoms with Crippen LogP contribution in [0.3, 0.4) is 0 Å². The fraction of sp³-hybridized carbons (Fsp3) is 0.636. The van der Waals surface area contributed by atoms with E-state index in [1.165, 1.54) is 0 Å². The van der Waals surface area contributed by atoms with Crippen LogP contribution in [0.1, 0.15) is 36.2 Å². The second kappa shape index (κ2) is 6.61. The monoisotopic (exact) mass is 259 g/mol. The molecule has 5 nitrogen and oxygen atoms in total. The highest BCUT2D eigenvalue weighted by Crippen LogP contribution is 2.18. The van der Waals surface area contributed by atoms with Gasteiger partial charge in [0.1, 0.15) is 0 Å². The third-order valence-corrected chi connectivity index (χ3v) is 2.80. The summed E-state index contributed by atoms with van der Waals surface area (Å²) in [5, 5.41) is 7.53. The Labute approximate surface area is 107 Å². The summed E-state index contributed by atoms with van der Waals surface area (Å²) in [4.78, 5) is 11.5. The average Bonchev–Trinajstić information content (AvgIpc) is 2.80. The Hall–Kier alpha value is -1.07. The quantitative estimate of drug-likeness (QED) is 0.834. The maximum Gasteiger partial charge on any atom is 0.341 e. The molecule has 2 rings (SSSR count). The lowest BCUT2D eigenvalue weighted by Gasteiger charge is -2.22. The summed E-state index contributed by atoms with van der Waals surface area (Å²) < 4.78 is 6.81. The molecule has 1 aliphatic heterocycles. The van der Waals surface area contributed by atoms with Crippen molar-refractivity contribution < 1.29 is 9.53 Å². The van der Waals surface area contributed by atoms with Gasteiger partial charge in [-0.15, -0.1) is 12.4 Å². The molecule has 0 aliphatic carbocycles. The van der Waals surface area contributed by atoms with Crippen molar-refractivity contribution >= 4 is 18.4 Å². The molecule has 2 heterocycles. The van der Waals surface area contributed by atoms with E-state index in [-0.39, 0.29) is 18.4 Å². The van der Waals surface area contributed by atoms with Gasteiger partial charge in [0.25, 0.3) is 0 Å². The third kappa shape index (κ3) is 3.44. The molecular weight excluding hydrogens is 242 g/mol. The van der Waals surface area contributed by atoms with Crippen LogP contribution in [0.15, 0.2) is 12.4 Å². The van der Waals surface area contributed by atoms with Gasteiger partial charge in [-0.2, -0.15) is 5.10 Å². The van der Waals surface area contributed by atoms with Crippen molar-refractivity contribution in [1.29, 1.82) is 0 Å². The van der Waals surface area contributed by atoms with E-state index in [4.69, 9.17) is 4.74 Å². The summed E-state index contributed by atoms with van der Waals surface area (Å²) in [5.74, 6) is -0.289. The molecule has 0 amide bonds. The number of halogens is 1. The molecule has 0 radical (unpaired) electrons. The molecule has 6 heteroatoms. The summed E-state index contributed by atoms with van der Waals surface area (Å²) in [7, 11) is 0. The molecule has 0 unspecified atom stereocenters. The molecule has 0 bridgehead atoms. The smallest absolute Gasteiger partial charge is 0.341 e. The van der Waals surface area contributed by atoms with Crippen LogP contribution in [0, 0.1) is 0 Å². The second-order valence-corrected chi connectivity index (χ2v) is 3.91. The van der Waals surface area contributed by atoms with E-state index >= 15 is 0 Å². The maximum absolute atomic E-state index is 11.5. The Kier molecular flexibility index (Phi) is 5.44. The summed E-state index contributed by atoms with van der Waals surface area (Å²) in [6.45, 7) is 4.23. The van der Waals surface area contributed by atoms with Crippen LogP contribution in [-0.2, 0) is 4.74 Å². The van der Waals surface area contributed by atoms with Gasteiger partial charge in [0.15, 0.2) is 0 Å². The lowest BCUT2D eigenvalue weighted by atomic mass is 10.1. The zero-order valence-corrected chi connectivity index (χ0v) is 10.7. The minimum atomic E-state index is -0.289. The lowest BCUT2D eigenvalue weighted by Crippen LogP contribution is -2.29. The number of hydrogen-bond donors (Lipinski definition) is 1. The van der Waals surface area contributed by atoms with Gasteiger partial charge in [0.2, 0.25) is 0 Å². The highest BCUT2D eigenvalue weighted by atomic mass is 35.5. The van der Waals surface area contributed by atoms with Crippen LogP contribution in [-0.4, -0.2) is 35.4 Å². The SMILES string of the molecule is CCOC(=O)c1cnn(C2CCNCC2)c1.Cl. The maximum atomic E-state index is 11.5.